The van der Waals surface area contributed by atoms with Crippen LogP contribution in [-0.4, -0.2) is 19.0 Å². The van der Waals surface area contributed by atoms with E-state index in [1.165, 1.54) is 25.0 Å². The Bertz CT molecular complexity index is 714. The number of anilines is 1. The lowest BCUT2D eigenvalue weighted by molar-refractivity contribution is 0.0951. The van der Waals surface area contributed by atoms with Crippen LogP contribution < -0.4 is 10.2 Å². The molecule has 0 atom stereocenters. The zero-order valence-corrected chi connectivity index (χ0v) is 13.4. The summed E-state index contributed by atoms with van der Waals surface area (Å²) in [6, 6.07) is 11.9. The van der Waals surface area contributed by atoms with Gasteiger partial charge in [-0.1, -0.05) is 29.8 Å². The summed E-state index contributed by atoms with van der Waals surface area (Å²) < 4.78 is 13.1. The van der Waals surface area contributed by atoms with Crippen LogP contribution in [0.4, 0.5) is 10.1 Å². The van der Waals surface area contributed by atoms with Crippen molar-refractivity contribution in [2.75, 3.05) is 18.0 Å². The predicted molar refractivity (Wildman–Crippen MR) is 90.5 cm³/mol. The second-order valence-electron chi connectivity index (χ2n) is 5.63. The average molecular weight is 333 g/mol. The van der Waals surface area contributed by atoms with Crippen LogP contribution in [0.2, 0.25) is 5.02 Å². The molecule has 1 aliphatic heterocycles. The van der Waals surface area contributed by atoms with Crippen LogP contribution in [0.3, 0.4) is 0 Å². The second-order valence-corrected chi connectivity index (χ2v) is 6.04. The summed E-state index contributed by atoms with van der Waals surface area (Å²) in [4.78, 5) is 14.6. The largest absolute Gasteiger partial charge is 0.371 e. The number of nitrogens with one attached hydrogen (secondary N) is 1. The fraction of sp³-hybridized carbons (Fsp3) is 0.278. The van der Waals surface area contributed by atoms with Crippen molar-refractivity contribution in [2.24, 2.45) is 0 Å². The third-order valence-electron chi connectivity index (χ3n) is 4.05. The van der Waals surface area contributed by atoms with Gasteiger partial charge in [-0.25, -0.2) is 4.39 Å². The molecule has 2 aromatic carbocycles. The van der Waals surface area contributed by atoms with E-state index in [-0.39, 0.29) is 16.5 Å². The van der Waals surface area contributed by atoms with Gasteiger partial charge in [0.1, 0.15) is 5.82 Å². The van der Waals surface area contributed by atoms with Gasteiger partial charge in [-0.2, -0.15) is 0 Å². The highest BCUT2D eigenvalue weighted by Gasteiger charge is 2.16. The highest BCUT2D eigenvalue weighted by atomic mass is 35.5. The molecule has 0 bridgehead atoms. The maximum absolute atomic E-state index is 13.1. The Morgan fingerprint density at radius 3 is 2.65 bits per heavy atom. The van der Waals surface area contributed by atoms with Gasteiger partial charge in [0, 0.05) is 25.3 Å². The quantitative estimate of drug-likeness (QED) is 0.917. The minimum absolute atomic E-state index is 0.121. The van der Waals surface area contributed by atoms with Crippen LogP contribution in [-0.2, 0) is 6.54 Å². The van der Waals surface area contributed by atoms with Crippen molar-refractivity contribution in [3.05, 3.63) is 64.4 Å². The van der Waals surface area contributed by atoms with Crippen molar-refractivity contribution in [1.29, 1.82) is 0 Å². The summed E-state index contributed by atoms with van der Waals surface area (Å²) in [5.74, 6) is -0.753. The standard InChI is InChI=1S/C18H18ClFN2O/c19-16-11-14(20)7-8-15(16)18(23)21-12-13-5-1-2-6-17(13)22-9-3-4-10-22/h1-2,5-8,11H,3-4,9-10,12H2,(H,21,23). The Balaban J connectivity index is 1.72. The number of hydrogen-bond donors (Lipinski definition) is 1. The average Bonchev–Trinajstić information content (AvgIpc) is 3.07. The van der Waals surface area contributed by atoms with Crippen LogP contribution in [0.15, 0.2) is 42.5 Å². The van der Waals surface area contributed by atoms with Crippen LogP contribution in [0, 0.1) is 5.82 Å². The SMILES string of the molecule is O=C(NCc1ccccc1N1CCCC1)c1ccc(F)cc1Cl. The van der Waals surface area contributed by atoms with E-state index in [1.807, 2.05) is 18.2 Å². The van der Waals surface area contributed by atoms with Gasteiger partial charge in [-0.15, -0.1) is 0 Å². The zero-order chi connectivity index (χ0) is 16.2. The van der Waals surface area contributed by atoms with Crippen molar-refractivity contribution >= 4 is 23.2 Å². The molecule has 1 aliphatic rings. The Hall–Kier alpha value is -2.07. The van der Waals surface area contributed by atoms with E-state index >= 15 is 0 Å². The van der Waals surface area contributed by atoms with Crippen LogP contribution in [0.1, 0.15) is 28.8 Å². The van der Waals surface area contributed by atoms with E-state index in [0.29, 0.717) is 6.54 Å². The number of carbonyl (C=O) groups excluding carboxylic acids is 1. The molecule has 2 aromatic rings. The highest BCUT2D eigenvalue weighted by Crippen LogP contribution is 2.24. The van der Waals surface area contributed by atoms with Crippen molar-refractivity contribution in [1.82, 2.24) is 5.32 Å². The molecule has 1 amide bonds. The number of halogens is 2. The van der Waals surface area contributed by atoms with Gasteiger partial charge >= 0.3 is 0 Å². The van der Waals surface area contributed by atoms with E-state index < -0.39 is 5.82 Å². The normalized spacial score (nSPS) is 14.1. The summed E-state index contributed by atoms with van der Waals surface area (Å²) in [6.45, 7) is 2.52. The van der Waals surface area contributed by atoms with Crippen molar-refractivity contribution in [2.45, 2.75) is 19.4 Å². The molecule has 1 fully saturated rings. The molecule has 0 aliphatic carbocycles. The molecule has 120 valence electrons. The molecule has 0 radical (unpaired) electrons. The van der Waals surface area contributed by atoms with Crippen LogP contribution in [0.5, 0.6) is 0 Å². The van der Waals surface area contributed by atoms with Gasteiger partial charge in [0.25, 0.3) is 5.91 Å². The third kappa shape index (κ3) is 3.64. The molecular formula is C18H18ClFN2O. The first-order valence-electron chi connectivity index (χ1n) is 7.71. The molecule has 1 heterocycles. The minimum Gasteiger partial charge on any atom is -0.371 e. The number of hydrogen-bond acceptors (Lipinski definition) is 2. The third-order valence-corrected chi connectivity index (χ3v) is 4.37. The summed E-state index contributed by atoms with van der Waals surface area (Å²) in [7, 11) is 0. The Kier molecular flexibility index (Phi) is 4.82. The van der Waals surface area contributed by atoms with Gasteiger partial charge in [0.15, 0.2) is 0 Å². The van der Waals surface area contributed by atoms with Crippen LogP contribution >= 0.6 is 11.6 Å². The Labute approximate surface area is 140 Å². The van der Waals surface area contributed by atoms with Gasteiger partial charge in [0.05, 0.1) is 10.6 Å². The molecule has 1 N–H and O–H groups in total. The van der Waals surface area contributed by atoms with Crippen molar-refractivity contribution < 1.29 is 9.18 Å². The van der Waals surface area contributed by atoms with Gasteiger partial charge < -0.3 is 10.2 Å². The molecule has 0 aromatic heterocycles. The summed E-state index contributed by atoms with van der Waals surface area (Å²) in [6.07, 6.45) is 2.40. The second kappa shape index (κ2) is 7.01. The van der Waals surface area contributed by atoms with Crippen molar-refractivity contribution in [3.63, 3.8) is 0 Å². The van der Waals surface area contributed by atoms with E-state index in [4.69, 9.17) is 11.6 Å². The van der Waals surface area contributed by atoms with Gasteiger partial charge in [-0.05, 0) is 42.7 Å². The van der Waals surface area contributed by atoms with Crippen molar-refractivity contribution in [3.8, 4) is 0 Å². The minimum atomic E-state index is -0.453. The van der Waals surface area contributed by atoms with E-state index in [2.05, 4.69) is 16.3 Å². The molecule has 3 nitrogen and oxygen atoms in total. The summed E-state index contributed by atoms with van der Waals surface area (Å²) in [5, 5.41) is 2.99. The van der Waals surface area contributed by atoms with E-state index in [1.54, 1.807) is 0 Å². The molecule has 3 rings (SSSR count). The number of para-hydroxylation sites is 1. The van der Waals surface area contributed by atoms with Gasteiger partial charge in [0.2, 0.25) is 0 Å². The number of rotatable bonds is 4. The number of amides is 1. The summed E-state index contributed by atoms with van der Waals surface area (Å²) in [5.41, 5.74) is 2.52. The topological polar surface area (TPSA) is 32.3 Å². The monoisotopic (exact) mass is 332 g/mol. The molecule has 5 heteroatoms. The smallest absolute Gasteiger partial charge is 0.253 e. The Morgan fingerprint density at radius 1 is 1.17 bits per heavy atom. The zero-order valence-electron chi connectivity index (χ0n) is 12.7. The number of carbonyl (C=O) groups is 1. The summed E-state index contributed by atoms with van der Waals surface area (Å²) >= 11 is 5.93. The maximum atomic E-state index is 13.1. The Morgan fingerprint density at radius 2 is 1.91 bits per heavy atom. The predicted octanol–water partition coefficient (Wildman–Crippen LogP) is 4.01. The number of nitrogens with zero attached hydrogens (tertiary/aromatic N) is 1. The molecule has 0 unspecified atom stereocenters. The molecule has 23 heavy (non-hydrogen) atoms. The van der Waals surface area contributed by atoms with Gasteiger partial charge in [-0.3, -0.25) is 4.79 Å². The number of benzene rings is 2. The highest BCUT2D eigenvalue weighted by molar-refractivity contribution is 6.33. The van der Waals surface area contributed by atoms with E-state index in [9.17, 15) is 9.18 Å². The lowest BCUT2D eigenvalue weighted by atomic mass is 10.1. The first-order valence-corrected chi connectivity index (χ1v) is 8.09. The molecule has 0 spiro atoms. The lowest BCUT2D eigenvalue weighted by Crippen LogP contribution is -2.25. The lowest BCUT2D eigenvalue weighted by Gasteiger charge is -2.21. The molecular weight excluding hydrogens is 315 g/mol. The van der Waals surface area contributed by atoms with E-state index in [0.717, 1.165) is 30.4 Å². The first kappa shape index (κ1) is 15.8. The molecule has 0 saturated carbocycles. The first-order chi connectivity index (χ1) is 11.1. The fourth-order valence-electron chi connectivity index (χ4n) is 2.87. The van der Waals surface area contributed by atoms with Crippen LogP contribution in [0.25, 0.3) is 0 Å². The maximum Gasteiger partial charge on any atom is 0.253 e. The molecule has 1 saturated heterocycles. The fourth-order valence-corrected chi connectivity index (χ4v) is 3.12.